The van der Waals surface area contributed by atoms with Crippen LogP contribution in [-0.2, 0) is 0 Å². The number of ether oxygens (including phenoxy) is 2. The Morgan fingerprint density at radius 1 is 1.14 bits per heavy atom. The lowest BCUT2D eigenvalue weighted by molar-refractivity contribution is 0.102. The van der Waals surface area contributed by atoms with Crippen LogP contribution < -0.4 is 14.8 Å². The van der Waals surface area contributed by atoms with Crippen LogP contribution in [-0.4, -0.2) is 19.1 Å². The van der Waals surface area contributed by atoms with Gasteiger partial charge in [0, 0.05) is 11.3 Å². The second-order valence-electron chi connectivity index (χ2n) is 4.51. The maximum atomic E-state index is 12.3. The smallest absolute Gasteiger partial charge is 0.255 e. The fraction of sp³-hybridized carbons (Fsp3) is 0.167. The summed E-state index contributed by atoms with van der Waals surface area (Å²) in [5.74, 6) is 0.950. The van der Waals surface area contributed by atoms with E-state index < -0.39 is 0 Å². The highest BCUT2D eigenvalue weighted by molar-refractivity contribution is 6.04. The van der Waals surface area contributed by atoms with Crippen LogP contribution in [0.1, 0.15) is 17.3 Å². The third-order valence-electron chi connectivity index (χ3n) is 2.89. The Morgan fingerprint density at radius 2 is 1.91 bits per heavy atom. The molecule has 2 rings (SSSR count). The molecule has 22 heavy (non-hydrogen) atoms. The maximum absolute atomic E-state index is 12.3. The largest absolute Gasteiger partial charge is 0.490 e. The number of benzene rings is 2. The Hall–Kier alpha value is -2.75. The standard InChI is InChI=1S/C18H19NO3/c1-3-12-22-16-11-10-14(13-17(16)21-4-2)18(20)19-15-8-6-5-7-9-15/h3,5-11,13H,1,4,12H2,2H3,(H,19,20). The van der Waals surface area contributed by atoms with E-state index in [1.165, 1.54) is 0 Å². The quantitative estimate of drug-likeness (QED) is 0.788. The first-order chi connectivity index (χ1) is 10.7. The van der Waals surface area contributed by atoms with Crippen molar-refractivity contribution in [2.45, 2.75) is 6.92 Å². The van der Waals surface area contributed by atoms with Gasteiger partial charge in [-0.2, -0.15) is 0 Å². The lowest BCUT2D eigenvalue weighted by Gasteiger charge is -2.12. The minimum absolute atomic E-state index is 0.192. The molecule has 0 bridgehead atoms. The van der Waals surface area contributed by atoms with E-state index in [2.05, 4.69) is 11.9 Å². The van der Waals surface area contributed by atoms with Crippen LogP contribution in [0.3, 0.4) is 0 Å². The van der Waals surface area contributed by atoms with Gasteiger partial charge in [-0.05, 0) is 37.3 Å². The number of anilines is 1. The van der Waals surface area contributed by atoms with Crippen LogP contribution in [0.5, 0.6) is 11.5 Å². The fourth-order valence-electron chi connectivity index (χ4n) is 1.91. The molecular weight excluding hydrogens is 278 g/mol. The molecule has 0 aliphatic heterocycles. The van der Waals surface area contributed by atoms with Crippen LogP contribution in [0.4, 0.5) is 5.69 Å². The zero-order valence-electron chi connectivity index (χ0n) is 12.5. The summed E-state index contributed by atoms with van der Waals surface area (Å²) in [5, 5.41) is 2.84. The number of rotatable bonds is 7. The molecule has 2 aromatic carbocycles. The van der Waals surface area contributed by atoms with Gasteiger partial charge in [0.05, 0.1) is 6.61 Å². The molecule has 0 saturated heterocycles. The van der Waals surface area contributed by atoms with Crippen LogP contribution in [0, 0.1) is 0 Å². The molecule has 0 unspecified atom stereocenters. The van der Waals surface area contributed by atoms with Gasteiger partial charge in [-0.25, -0.2) is 0 Å². The first-order valence-corrected chi connectivity index (χ1v) is 7.11. The van der Waals surface area contributed by atoms with E-state index in [0.29, 0.717) is 30.3 Å². The number of carbonyl (C=O) groups is 1. The molecule has 4 heteroatoms. The first-order valence-electron chi connectivity index (χ1n) is 7.11. The molecule has 0 spiro atoms. The molecule has 1 N–H and O–H groups in total. The molecule has 0 aliphatic carbocycles. The molecule has 0 radical (unpaired) electrons. The predicted octanol–water partition coefficient (Wildman–Crippen LogP) is 3.90. The van der Waals surface area contributed by atoms with Crippen LogP contribution in [0.25, 0.3) is 0 Å². The van der Waals surface area contributed by atoms with Crippen molar-refractivity contribution in [2.24, 2.45) is 0 Å². The minimum Gasteiger partial charge on any atom is -0.490 e. The highest BCUT2D eigenvalue weighted by Crippen LogP contribution is 2.29. The average Bonchev–Trinajstić information content (AvgIpc) is 2.55. The Bertz CT molecular complexity index is 638. The number of carbonyl (C=O) groups excluding carboxylic acids is 1. The number of hydrogen-bond donors (Lipinski definition) is 1. The van der Waals surface area contributed by atoms with Gasteiger partial charge in [0.25, 0.3) is 5.91 Å². The molecular formula is C18H19NO3. The van der Waals surface area contributed by atoms with Crippen LogP contribution in [0.2, 0.25) is 0 Å². The summed E-state index contributed by atoms with van der Waals surface area (Å²) in [5.41, 5.74) is 1.26. The second kappa shape index (κ2) is 7.88. The highest BCUT2D eigenvalue weighted by atomic mass is 16.5. The summed E-state index contributed by atoms with van der Waals surface area (Å²) in [4.78, 5) is 12.3. The van der Waals surface area contributed by atoms with Crippen molar-refractivity contribution < 1.29 is 14.3 Å². The minimum atomic E-state index is -0.192. The molecule has 0 fully saturated rings. The van der Waals surface area contributed by atoms with E-state index in [-0.39, 0.29) is 5.91 Å². The van der Waals surface area contributed by atoms with Gasteiger partial charge in [-0.1, -0.05) is 30.9 Å². The molecule has 2 aromatic rings. The molecule has 114 valence electrons. The molecule has 0 heterocycles. The average molecular weight is 297 g/mol. The lowest BCUT2D eigenvalue weighted by atomic mass is 10.2. The van der Waals surface area contributed by atoms with E-state index >= 15 is 0 Å². The van der Waals surface area contributed by atoms with E-state index in [1.807, 2.05) is 37.3 Å². The van der Waals surface area contributed by atoms with Gasteiger partial charge in [0.15, 0.2) is 11.5 Å². The summed E-state index contributed by atoms with van der Waals surface area (Å²) in [6, 6.07) is 14.4. The van der Waals surface area contributed by atoms with Gasteiger partial charge < -0.3 is 14.8 Å². The predicted molar refractivity (Wildman–Crippen MR) is 87.7 cm³/mol. The van der Waals surface area contributed by atoms with Crippen molar-refractivity contribution in [1.82, 2.24) is 0 Å². The monoisotopic (exact) mass is 297 g/mol. The number of amides is 1. The molecule has 0 aromatic heterocycles. The summed E-state index contributed by atoms with van der Waals surface area (Å²) < 4.78 is 11.1. The fourth-order valence-corrected chi connectivity index (χ4v) is 1.91. The molecule has 1 amide bonds. The van der Waals surface area contributed by atoms with Crippen molar-refractivity contribution in [3.8, 4) is 11.5 Å². The number of hydrogen-bond acceptors (Lipinski definition) is 3. The summed E-state index contributed by atoms with van der Waals surface area (Å²) in [6.07, 6.45) is 1.66. The maximum Gasteiger partial charge on any atom is 0.255 e. The van der Waals surface area contributed by atoms with Crippen molar-refractivity contribution in [3.05, 3.63) is 66.7 Å². The van der Waals surface area contributed by atoms with E-state index in [1.54, 1.807) is 24.3 Å². The van der Waals surface area contributed by atoms with Gasteiger partial charge in [0.1, 0.15) is 6.61 Å². The number of para-hydroxylation sites is 1. The van der Waals surface area contributed by atoms with Gasteiger partial charge in [-0.15, -0.1) is 0 Å². The topological polar surface area (TPSA) is 47.6 Å². The third kappa shape index (κ3) is 4.12. The molecule has 4 nitrogen and oxygen atoms in total. The van der Waals surface area contributed by atoms with Crippen molar-refractivity contribution in [3.63, 3.8) is 0 Å². The van der Waals surface area contributed by atoms with Crippen molar-refractivity contribution in [2.75, 3.05) is 18.5 Å². The van der Waals surface area contributed by atoms with Crippen LogP contribution in [0.15, 0.2) is 61.2 Å². The van der Waals surface area contributed by atoms with E-state index in [4.69, 9.17) is 9.47 Å². The number of nitrogens with one attached hydrogen (secondary N) is 1. The first kappa shape index (κ1) is 15.6. The zero-order valence-corrected chi connectivity index (χ0v) is 12.5. The third-order valence-corrected chi connectivity index (χ3v) is 2.89. The second-order valence-corrected chi connectivity index (χ2v) is 4.51. The van der Waals surface area contributed by atoms with E-state index in [9.17, 15) is 4.79 Å². The summed E-state index contributed by atoms with van der Waals surface area (Å²) in [7, 11) is 0. The normalized spacial score (nSPS) is 9.86. The summed E-state index contributed by atoms with van der Waals surface area (Å²) in [6.45, 7) is 6.38. The Morgan fingerprint density at radius 3 is 2.59 bits per heavy atom. The summed E-state index contributed by atoms with van der Waals surface area (Å²) >= 11 is 0. The Balaban J connectivity index is 2.18. The highest BCUT2D eigenvalue weighted by Gasteiger charge is 2.11. The lowest BCUT2D eigenvalue weighted by Crippen LogP contribution is -2.12. The van der Waals surface area contributed by atoms with Gasteiger partial charge >= 0.3 is 0 Å². The van der Waals surface area contributed by atoms with Gasteiger partial charge in [0.2, 0.25) is 0 Å². The van der Waals surface area contributed by atoms with Crippen molar-refractivity contribution >= 4 is 11.6 Å². The van der Waals surface area contributed by atoms with Crippen molar-refractivity contribution in [1.29, 1.82) is 0 Å². The molecule has 0 aliphatic rings. The Labute approximate surface area is 130 Å². The van der Waals surface area contributed by atoms with E-state index in [0.717, 1.165) is 5.69 Å². The zero-order chi connectivity index (χ0) is 15.8. The SMILES string of the molecule is C=CCOc1ccc(C(=O)Nc2ccccc2)cc1OCC. The Kier molecular flexibility index (Phi) is 5.60. The van der Waals surface area contributed by atoms with Crippen LogP contribution >= 0.6 is 0 Å². The molecule has 0 saturated carbocycles. The molecule has 0 atom stereocenters. The van der Waals surface area contributed by atoms with Gasteiger partial charge in [-0.3, -0.25) is 4.79 Å².